The van der Waals surface area contributed by atoms with E-state index in [1.807, 2.05) is 0 Å². The first kappa shape index (κ1) is 14.3. The lowest BCUT2D eigenvalue weighted by Crippen LogP contribution is -1.97. The van der Waals surface area contributed by atoms with Crippen molar-refractivity contribution in [2.75, 3.05) is 0 Å². The minimum Gasteiger partial charge on any atom is -0.478 e. The fraction of sp³-hybridized carbons (Fsp3) is 0. The molecule has 0 aliphatic rings. The molecule has 0 spiro atoms. The van der Waals surface area contributed by atoms with Crippen LogP contribution in [-0.2, 0) is 0 Å². The molecule has 6 nitrogen and oxygen atoms in total. The first-order chi connectivity index (χ1) is 10.1. The Bertz CT molecular complexity index is 691. The van der Waals surface area contributed by atoms with Gasteiger partial charge in [-0.1, -0.05) is 23.4 Å². The van der Waals surface area contributed by atoms with Crippen LogP contribution >= 0.6 is 0 Å². The molecule has 0 aliphatic carbocycles. The molecule has 21 heavy (non-hydrogen) atoms. The molecule has 2 N–H and O–H groups in total. The fourth-order valence-electron chi connectivity index (χ4n) is 1.55. The summed E-state index contributed by atoms with van der Waals surface area (Å²) in [5, 5.41) is 21.3. The highest BCUT2D eigenvalue weighted by Gasteiger charge is 2.03. The normalized spacial score (nSPS) is 10.5. The van der Waals surface area contributed by atoms with Gasteiger partial charge in [-0.15, -0.1) is 0 Å². The summed E-state index contributed by atoms with van der Waals surface area (Å²) in [6, 6.07) is 12.0. The van der Waals surface area contributed by atoms with Crippen LogP contribution in [0.3, 0.4) is 0 Å². The van der Waals surface area contributed by atoms with Crippen molar-refractivity contribution in [3.05, 3.63) is 65.2 Å². The van der Waals surface area contributed by atoms with E-state index in [1.54, 1.807) is 24.3 Å². The number of carbonyl (C=O) groups is 2. The second-order valence-corrected chi connectivity index (χ2v) is 4.09. The Morgan fingerprint density at radius 1 is 0.952 bits per heavy atom. The van der Waals surface area contributed by atoms with Gasteiger partial charge in [-0.25, -0.2) is 9.59 Å². The maximum absolute atomic E-state index is 10.8. The highest BCUT2D eigenvalue weighted by Crippen LogP contribution is 2.13. The van der Waals surface area contributed by atoms with E-state index in [9.17, 15) is 9.59 Å². The second-order valence-electron chi connectivity index (χ2n) is 4.09. The van der Waals surface area contributed by atoms with Crippen LogP contribution in [0.4, 0.5) is 0 Å². The Balaban J connectivity index is 2.03. The average Bonchev–Trinajstić information content (AvgIpc) is 2.48. The second kappa shape index (κ2) is 6.33. The summed E-state index contributed by atoms with van der Waals surface area (Å²) >= 11 is 0. The standard InChI is InChI=1S/C15H11NO5/c17-14(18)11-6-4-10(5-7-11)9-16-21-13-3-1-2-12(8-13)15(19)20/h1-9H,(H,17,18)(H,19,20)/b16-9+. The topological polar surface area (TPSA) is 96.2 Å². The van der Waals surface area contributed by atoms with E-state index in [1.165, 1.54) is 30.5 Å². The SMILES string of the molecule is O=C(O)c1ccc(/C=N/Oc2cccc(C(=O)O)c2)cc1. The molecule has 0 atom stereocenters. The van der Waals surface area contributed by atoms with E-state index >= 15 is 0 Å². The number of nitrogens with zero attached hydrogens (tertiary/aromatic N) is 1. The van der Waals surface area contributed by atoms with Crippen LogP contribution in [0.5, 0.6) is 5.75 Å². The van der Waals surface area contributed by atoms with Gasteiger partial charge >= 0.3 is 11.9 Å². The summed E-state index contributed by atoms with van der Waals surface area (Å²) in [5.74, 6) is -1.75. The monoisotopic (exact) mass is 285 g/mol. The van der Waals surface area contributed by atoms with Crippen molar-refractivity contribution in [2.24, 2.45) is 5.16 Å². The van der Waals surface area contributed by atoms with E-state index in [0.29, 0.717) is 11.3 Å². The van der Waals surface area contributed by atoms with Gasteiger partial charge < -0.3 is 15.1 Å². The summed E-state index contributed by atoms with van der Waals surface area (Å²) in [6.45, 7) is 0. The van der Waals surface area contributed by atoms with E-state index in [-0.39, 0.29) is 11.1 Å². The Morgan fingerprint density at radius 3 is 2.24 bits per heavy atom. The third kappa shape index (κ3) is 3.90. The van der Waals surface area contributed by atoms with Crippen molar-refractivity contribution < 1.29 is 24.6 Å². The van der Waals surface area contributed by atoms with Gasteiger partial charge in [-0.2, -0.15) is 0 Å². The molecule has 0 heterocycles. The molecule has 0 fully saturated rings. The van der Waals surface area contributed by atoms with E-state index in [0.717, 1.165) is 0 Å². The van der Waals surface area contributed by atoms with Crippen molar-refractivity contribution in [3.63, 3.8) is 0 Å². The largest absolute Gasteiger partial charge is 0.478 e. The van der Waals surface area contributed by atoms with E-state index < -0.39 is 11.9 Å². The number of oxime groups is 1. The minimum atomic E-state index is -1.05. The zero-order valence-electron chi connectivity index (χ0n) is 10.8. The first-order valence-electron chi connectivity index (χ1n) is 5.93. The molecule has 2 aromatic rings. The molecule has 106 valence electrons. The summed E-state index contributed by atoms with van der Waals surface area (Å²) in [4.78, 5) is 26.6. The molecule has 2 rings (SSSR count). The summed E-state index contributed by atoms with van der Waals surface area (Å²) in [7, 11) is 0. The lowest BCUT2D eigenvalue weighted by atomic mass is 10.1. The maximum Gasteiger partial charge on any atom is 0.335 e. The van der Waals surface area contributed by atoms with Crippen LogP contribution in [0.1, 0.15) is 26.3 Å². The summed E-state index contributed by atoms with van der Waals surface area (Å²) in [5.41, 5.74) is 0.949. The van der Waals surface area contributed by atoms with E-state index in [4.69, 9.17) is 15.1 Å². The van der Waals surface area contributed by atoms with Crippen LogP contribution in [0.25, 0.3) is 0 Å². The number of rotatable bonds is 5. The van der Waals surface area contributed by atoms with Gasteiger partial charge in [0.05, 0.1) is 17.3 Å². The number of carboxylic acids is 2. The van der Waals surface area contributed by atoms with Crippen LogP contribution in [0.15, 0.2) is 53.7 Å². The van der Waals surface area contributed by atoms with Crippen LogP contribution in [-0.4, -0.2) is 28.4 Å². The van der Waals surface area contributed by atoms with Gasteiger partial charge in [0.15, 0.2) is 5.75 Å². The lowest BCUT2D eigenvalue weighted by molar-refractivity contribution is 0.0686. The molecule has 0 aromatic heterocycles. The van der Waals surface area contributed by atoms with Gasteiger partial charge in [0.25, 0.3) is 0 Å². The van der Waals surface area contributed by atoms with Gasteiger partial charge in [0, 0.05) is 0 Å². The Morgan fingerprint density at radius 2 is 1.62 bits per heavy atom. The van der Waals surface area contributed by atoms with Crippen LogP contribution < -0.4 is 4.84 Å². The molecular formula is C15H11NO5. The number of hydrogen-bond donors (Lipinski definition) is 2. The predicted octanol–water partition coefficient (Wildman–Crippen LogP) is 2.50. The van der Waals surface area contributed by atoms with Crippen molar-refractivity contribution in [2.45, 2.75) is 0 Å². The average molecular weight is 285 g/mol. The van der Waals surface area contributed by atoms with Crippen molar-refractivity contribution in [3.8, 4) is 5.75 Å². The van der Waals surface area contributed by atoms with Crippen molar-refractivity contribution in [1.82, 2.24) is 0 Å². The molecule has 0 unspecified atom stereocenters. The third-order valence-corrected chi connectivity index (χ3v) is 2.60. The van der Waals surface area contributed by atoms with Crippen molar-refractivity contribution in [1.29, 1.82) is 0 Å². The molecule has 0 radical (unpaired) electrons. The zero-order valence-corrected chi connectivity index (χ0v) is 10.8. The lowest BCUT2D eigenvalue weighted by Gasteiger charge is -2.00. The quantitative estimate of drug-likeness (QED) is 0.650. The molecule has 0 saturated heterocycles. The van der Waals surface area contributed by atoms with Crippen LogP contribution in [0.2, 0.25) is 0 Å². The minimum absolute atomic E-state index is 0.105. The first-order valence-corrected chi connectivity index (χ1v) is 5.93. The highest BCUT2D eigenvalue weighted by atomic mass is 16.6. The van der Waals surface area contributed by atoms with Gasteiger partial charge in [0.1, 0.15) is 0 Å². The van der Waals surface area contributed by atoms with Crippen LogP contribution in [0, 0.1) is 0 Å². The molecule has 0 aliphatic heterocycles. The van der Waals surface area contributed by atoms with Gasteiger partial charge in [-0.05, 0) is 35.9 Å². The fourth-order valence-corrected chi connectivity index (χ4v) is 1.55. The highest BCUT2D eigenvalue weighted by molar-refractivity contribution is 5.89. The summed E-state index contributed by atoms with van der Waals surface area (Å²) in [6.07, 6.45) is 1.40. The molecule has 6 heteroatoms. The number of aromatic carboxylic acids is 2. The smallest absolute Gasteiger partial charge is 0.335 e. The number of benzene rings is 2. The maximum atomic E-state index is 10.8. The molecule has 2 aromatic carbocycles. The Hall–Kier alpha value is -3.15. The molecule has 0 saturated carbocycles. The Kier molecular flexibility index (Phi) is 4.30. The van der Waals surface area contributed by atoms with Crippen molar-refractivity contribution >= 4 is 18.2 Å². The molecule has 0 bridgehead atoms. The zero-order chi connectivity index (χ0) is 15.2. The third-order valence-electron chi connectivity index (χ3n) is 2.60. The van der Waals surface area contributed by atoms with Gasteiger partial charge in [0.2, 0.25) is 0 Å². The van der Waals surface area contributed by atoms with Gasteiger partial charge in [-0.3, -0.25) is 0 Å². The molecular weight excluding hydrogens is 274 g/mol. The number of carboxylic acid groups (broad SMARTS) is 2. The predicted molar refractivity (Wildman–Crippen MR) is 75.0 cm³/mol. The number of hydrogen-bond acceptors (Lipinski definition) is 4. The molecule has 0 amide bonds. The van der Waals surface area contributed by atoms with E-state index in [2.05, 4.69) is 5.16 Å². The Labute approximate surface area is 119 Å². The summed E-state index contributed by atoms with van der Waals surface area (Å²) < 4.78 is 0.